The van der Waals surface area contributed by atoms with E-state index in [1.165, 1.54) is 5.56 Å². The van der Waals surface area contributed by atoms with E-state index in [2.05, 4.69) is 21.4 Å². The number of pyridine rings is 1. The Morgan fingerprint density at radius 3 is 2.88 bits per heavy atom. The number of aromatic amines is 1. The summed E-state index contributed by atoms with van der Waals surface area (Å²) in [6.45, 7) is 1.56. The highest BCUT2D eigenvalue weighted by molar-refractivity contribution is 6.32. The number of nitrogens with one attached hydrogen (secondary N) is 2. The zero-order valence-corrected chi connectivity index (χ0v) is 15.2. The molecule has 3 rings (SSSR count). The minimum absolute atomic E-state index is 0.490. The topological polar surface area (TPSA) is 64.5 Å². The summed E-state index contributed by atoms with van der Waals surface area (Å²) in [5, 5.41) is 14.6. The molecule has 0 amide bonds. The van der Waals surface area contributed by atoms with Gasteiger partial charge in [0.1, 0.15) is 5.15 Å². The largest absolute Gasteiger partial charge is 0.361 e. The van der Waals surface area contributed by atoms with Gasteiger partial charge in [-0.05, 0) is 55.6 Å². The Bertz CT molecular complexity index is 911. The van der Waals surface area contributed by atoms with E-state index in [9.17, 15) is 0 Å². The predicted octanol–water partition coefficient (Wildman–Crippen LogP) is 4.85. The van der Waals surface area contributed by atoms with Crippen LogP contribution in [0.25, 0.3) is 10.9 Å². The molecule has 0 aliphatic rings. The Morgan fingerprint density at radius 1 is 1.16 bits per heavy atom. The van der Waals surface area contributed by atoms with Crippen LogP contribution in [0.15, 0.2) is 36.7 Å². The van der Waals surface area contributed by atoms with E-state index in [-0.39, 0.29) is 0 Å². The van der Waals surface area contributed by atoms with Crippen LogP contribution < -0.4 is 5.32 Å². The molecule has 0 saturated carbocycles. The van der Waals surface area contributed by atoms with Gasteiger partial charge in [-0.2, -0.15) is 5.26 Å². The maximum Gasteiger partial charge on any atom is 0.133 e. The number of aryl methyl sites for hydroxylation is 1. The third-order valence-corrected chi connectivity index (χ3v) is 4.69. The molecule has 0 saturated heterocycles. The molecule has 128 valence electrons. The van der Waals surface area contributed by atoms with Crippen molar-refractivity contribution in [3.8, 4) is 6.07 Å². The van der Waals surface area contributed by atoms with Gasteiger partial charge in [0.05, 0.1) is 16.7 Å². The minimum Gasteiger partial charge on any atom is -0.361 e. The molecule has 0 aliphatic heterocycles. The van der Waals surface area contributed by atoms with Crippen molar-refractivity contribution in [3.63, 3.8) is 0 Å². The van der Waals surface area contributed by atoms with Crippen LogP contribution in [0, 0.1) is 11.3 Å². The molecule has 0 fully saturated rings. The third kappa shape index (κ3) is 4.52. The van der Waals surface area contributed by atoms with Crippen molar-refractivity contribution < 1.29 is 0 Å². The number of hydrogen-bond acceptors (Lipinski definition) is 3. The van der Waals surface area contributed by atoms with E-state index >= 15 is 0 Å². The lowest BCUT2D eigenvalue weighted by atomic mass is 10.1. The number of halogens is 2. The number of unbranched alkanes of at least 4 members (excludes halogenated alkanes) is 1. The molecule has 0 bridgehead atoms. The highest BCUT2D eigenvalue weighted by Gasteiger charge is 2.05. The van der Waals surface area contributed by atoms with Gasteiger partial charge in [0.25, 0.3) is 0 Å². The van der Waals surface area contributed by atoms with Gasteiger partial charge in [-0.25, -0.2) is 4.98 Å². The average molecular weight is 373 g/mol. The first-order chi connectivity index (χ1) is 12.2. The first kappa shape index (κ1) is 17.8. The zero-order chi connectivity index (χ0) is 17.6. The molecule has 2 heterocycles. The molecule has 0 radical (unpaired) electrons. The van der Waals surface area contributed by atoms with Crippen LogP contribution in [0.4, 0.5) is 0 Å². The quantitative estimate of drug-likeness (QED) is 0.459. The molecule has 2 aromatic heterocycles. The molecule has 0 aliphatic carbocycles. The number of fused-ring (bicyclic) bond motifs is 1. The van der Waals surface area contributed by atoms with E-state index in [4.69, 9.17) is 28.5 Å². The Labute approximate surface area is 156 Å². The molecule has 4 nitrogen and oxygen atoms in total. The molecule has 0 spiro atoms. The summed E-state index contributed by atoms with van der Waals surface area (Å²) in [4.78, 5) is 7.30. The highest BCUT2D eigenvalue weighted by Crippen LogP contribution is 2.21. The molecular weight excluding hydrogens is 355 g/mol. The molecule has 2 N–H and O–H groups in total. The first-order valence-electron chi connectivity index (χ1n) is 8.18. The normalized spacial score (nSPS) is 10.9. The maximum atomic E-state index is 9.04. The van der Waals surface area contributed by atoms with Crippen molar-refractivity contribution in [1.82, 2.24) is 15.3 Å². The van der Waals surface area contributed by atoms with Crippen molar-refractivity contribution in [2.45, 2.75) is 25.8 Å². The Morgan fingerprint density at radius 2 is 2.04 bits per heavy atom. The molecule has 0 atom stereocenters. The lowest BCUT2D eigenvalue weighted by molar-refractivity contribution is 0.623. The summed E-state index contributed by atoms with van der Waals surface area (Å²) in [7, 11) is 0. The highest BCUT2D eigenvalue weighted by atomic mass is 35.5. The Kier molecular flexibility index (Phi) is 5.93. The number of nitriles is 1. The first-order valence-corrected chi connectivity index (χ1v) is 8.93. The number of nitrogens with zero attached hydrogens (tertiary/aromatic N) is 2. The van der Waals surface area contributed by atoms with E-state index in [1.54, 1.807) is 6.20 Å². The lowest BCUT2D eigenvalue weighted by Gasteiger charge is -2.06. The second-order valence-corrected chi connectivity index (χ2v) is 6.72. The SMILES string of the molecule is N#Cc1ccc2[nH]cc(CCCCNCc3cc(Cl)cnc3Cl)c2c1. The van der Waals surface area contributed by atoms with Gasteiger partial charge < -0.3 is 10.3 Å². The number of hydrogen-bond donors (Lipinski definition) is 2. The van der Waals surface area contributed by atoms with Gasteiger partial charge >= 0.3 is 0 Å². The predicted molar refractivity (Wildman–Crippen MR) is 102 cm³/mol. The van der Waals surface area contributed by atoms with E-state index < -0.39 is 0 Å². The third-order valence-electron chi connectivity index (χ3n) is 4.14. The van der Waals surface area contributed by atoms with Crippen molar-refractivity contribution in [2.75, 3.05) is 6.54 Å². The van der Waals surface area contributed by atoms with Crippen LogP contribution >= 0.6 is 23.2 Å². The van der Waals surface area contributed by atoms with Crippen molar-refractivity contribution in [1.29, 1.82) is 5.26 Å². The van der Waals surface area contributed by atoms with Crippen LogP contribution in [0.5, 0.6) is 0 Å². The fourth-order valence-corrected chi connectivity index (χ4v) is 3.18. The second-order valence-electron chi connectivity index (χ2n) is 5.92. The molecule has 25 heavy (non-hydrogen) atoms. The second kappa shape index (κ2) is 8.35. The van der Waals surface area contributed by atoms with Crippen LogP contribution in [0.2, 0.25) is 10.2 Å². The molecular formula is C19H18Cl2N4. The standard InChI is InChI=1S/C19H18Cl2N4/c20-16-8-15(19(21)25-12-16)10-23-6-2-1-3-14-11-24-18-5-4-13(9-22)7-17(14)18/h4-5,7-8,11-12,23-24H,1-3,6,10H2. The summed E-state index contributed by atoms with van der Waals surface area (Å²) in [5.74, 6) is 0. The van der Waals surface area contributed by atoms with Gasteiger partial charge in [0.2, 0.25) is 0 Å². The van der Waals surface area contributed by atoms with Crippen LogP contribution in [-0.4, -0.2) is 16.5 Å². The Balaban J connectivity index is 1.46. The summed E-state index contributed by atoms with van der Waals surface area (Å²) in [6.07, 6.45) is 6.69. The van der Waals surface area contributed by atoms with Gasteiger partial charge in [0, 0.05) is 35.4 Å². The van der Waals surface area contributed by atoms with E-state index in [1.807, 2.05) is 30.5 Å². The number of rotatable bonds is 7. The van der Waals surface area contributed by atoms with Gasteiger partial charge in [-0.3, -0.25) is 0 Å². The fraction of sp³-hybridized carbons (Fsp3) is 0.263. The van der Waals surface area contributed by atoms with Gasteiger partial charge in [-0.1, -0.05) is 23.2 Å². The summed E-state index contributed by atoms with van der Waals surface area (Å²) >= 11 is 12.0. The molecule has 3 aromatic rings. The fourth-order valence-electron chi connectivity index (χ4n) is 2.83. The Hall–Kier alpha value is -2.06. The molecule has 1 aromatic carbocycles. The van der Waals surface area contributed by atoms with E-state index in [0.29, 0.717) is 22.3 Å². The van der Waals surface area contributed by atoms with Crippen LogP contribution in [0.3, 0.4) is 0 Å². The molecule has 6 heteroatoms. The summed E-state index contributed by atoms with van der Waals surface area (Å²) in [5.41, 5.74) is 3.95. The zero-order valence-electron chi connectivity index (χ0n) is 13.6. The number of benzene rings is 1. The number of H-pyrrole nitrogens is 1. The monoisotopic (exact) mass is 372 g/mol. The average Bonchev–Trinajstić information content (AvgIpc) is 3.03. The van der Waals surface area contributed by atoms with E-state index in [0.717, 1.165) is 42.3 Å². The summed E-state index contributed by atoms with van der Waals surface area (Å²) in [6, 6.07) is 9.78. The van der Waals surface area contributed by atoms with Crippen molar-refractivity contribution in [2.24, 2.45) is 0 Å². The minimum atomic E-state index is 0.490. The lowest BCUT2D eigenvalue weighted by Crippen LogP contribution is -2.15. The van der Waals surface area contributed by atoms with Gasteiger partial charge in [-0.15, -0.1) is 0 Å². The smallest absolute Gasteiger partial charge is 0.133 e. The maximum absolute atomic E-state index is 9.04. The van der Waals surface area contributed by atoms with Gasteiger partial charge in [0.15, 0.2) is 0 Å². The molecule has 0 unspecified atom stereocenters. The van der Waals surface area contributed by atoms with Crippen LogP contribution in [0.1, 0.15) is 29.5 Å². The van der Waals surface area contributed by atoms with Crippen molar-refractivity contribution >= 4 is 34.1 Å². The number of aromatic nitrogens is 2. The van der Waals surface area contributed by atoms with Crippen molar-refractivity contribution in [3.05, 3.63) is 63.5 Å². The summed E-state index contributed by atoms with van der Waals surface area (Å²) < 4.78 is 0. The van der Waals surface area contributed by atoms with Crippen LogP contribution in [-0.2, 0) is 13.0 Å².